The summed E-state index contributed by atoms with van der Waals surface area (Å²) in [7, 11) is 0. The lowest BCUT2D eigenvalue weighted by molar-refractivity contribution is -0.116. The molecule has 0 unspecified atom stereocenters. The fourth-order valence-electron chi connectivity index (χ4n) is 2.50. The van der Waals surface area contributed by atoms with Crippen molar-refractivity contribution in [1.82, 2.24) is 9.97 Å². The van der Waals surface area contributed by atoms with E-state index in [2.05, 4.69) is 15.3 Å². The van der Waals surface area contributed by atoms with Crippen molar-refractivity contribution < 1.29 is 13.6 Å². The Hall–Kier alpha value is -2.74. The van der Waals surface area contributed by atoms with Gasteiger partial charge in [0.25, 0.3) is 5.56 Å². The molecule has 27 heavy (non-hydrogen) atoms. The summed E-state index contributed by atoms with van der Waals surface area (Å²) < 4.78 is 26.9. The van der Waals surface area contributed by atoms with Crippen LogP contribution in [-0.2, 0) is 4.79 Å². The zero-order valence-corrected chi connectivity index (χ0v) is 15.3. The number of amides is 1. The van der Waals surface area contributed by atoms with Gasteiger partial charge in [0.15, 0.2) is 5.16 Å². The first-order chi connectivity index (χ1) is 12.9. The number of nitrogens with zero attached hydrogens (tertiary/aromatic N) is 1. The highest BCUT2D eigenvalue weighted by Crippen LogP contribution is 2.20. The van der Waals surface area contributed by atoms with Gasteiger partial charge in [-0.05, 0) is 49.2 Å². The van der Waals surface area contributed by atoms with Crippen LogP contribution in [0.5, 0.6) is 0 Å². The largest absolute Gasteiger partial charge is 0.326 e. The summed E-state index contributed by atoms with van der Waals surface area (Å²) in [5.41, 5.74) is 0.713. The fraction of sp³-hybridized carbons (Fsp3) is 0.211. The number of carbonyl (C=O) groups is 1. The van der Waals surface area contributed by atoms with Gasteiger partial charge >= 0.3 is 0 Å². The van der Waals surface area contributed by atoms with Crippen molar-refractivity contribution in [3.05, 3.63) is 63.9 Å². The monoisotopic (exact) mass is 389 g/mol. The first-order valence-corrected chi connectivity index (χ1v) is 9.30. The number of H-pyrrole nitrogens is 1. The average molecular weight is 389 g/mol. The van der Waals surface area contributed by atoms with Crippen LogP contribution >= 0.6 is 11.8 Å². The molecule has 8 heteroatoms. The Morgan fingerprint density at radius 1 is 1.19 bits per heavy atom. The van der Waals surface area contributed by atoms with Crippen LogP contribution in [0.1, 0.15) is 18.4 Å². The lowest BCUT2D eigenvalue weighted by atomic mass is 10.1. The highest BCUT2D eigenvalue weighted by atomic mass is 32.2. The molecule has 0 bridgehead atoms. The van der Waals surface area contributed by atoms with Gasteiger partial charge in [-0.15, -0.1) is 0 Å². The average Bonchev–Trinajstić information content (AvgIpc) is 2.63. The number of fused-ring (bicyclic) bond motifs is 1. The van der Waals surface area contributed by atoms with Crippen LogP contribution in [0.3, 0.4) is 0 Å². The van der Waals surface area contributed by atoms with Crippen molar-refractivity contribution in [1.29, 1.82) is 0 Å². The molecule has 2 N–H and O–H groups in total. The van der Waals surface area contributed by atoms with E-state index in [4.69, 9.17) is 0 Å². The smallest absolute Gasteiger partial charge is 0.262 e. The van der Waals surface area contributed by atoms with Gasteiger partial charge in [-0.1, -0.05) is 17.8 Å². The number of halogens is 2. The zero-order chi connectivity index (χ0) is 19.4. The SMILES string of the molecule is Cc1ccc2nc(SCCCC(=O)Nc3ccc(F)cc3)[nH]c(=O)c2c1F. The Morgan fingerprint density at radius 2 is 1.93 bits per heavy atom. The predicted octanol–water partition coefficient (Wildman–Crippen LogP) is 4.02. The third kappa shape index (κ3) is 4.71. The maximum atomic E-state index is 14.1. The summed E-state index contributed by atoms with van der Waals surface area (Å²) in [6, 6.07) is 8.73. The maximum Gasteiger partial charge on any atom is 0.262 e. The molecule has 0 saturated carbocycles. The summed E-state index contributed by atoms with van der Waals surface area (Å²) in [6.45, 7) is 1.59. The summed E-state index contributed by atoms with van der Waals surface area (Å²) in [5.74, 6) is -0.550. The second-order valence-electron chi connectivity index (χ2n) is 5.97. The van der Waals surface area contributed by atoms with Crippen molar-refractivity contribution in [2.24, 2.45) is 0 Å². The predicted molar refractivity (Wildman–Crippen MR) is 102 cm³/mol. The lowest BCUT2D eigenvalue weighted by Crippen LogP contribution is -2.12. The second kappa shape index (κ2) is 8.30. The molecule has 2 aromatic carbocycles. The summed E-state index contributed by atoms with van der Waals surface area (Å²) in [6.07, 6.45) is 0.831. The van der Waals surface area contributed by atoms with Crippen LogP contribution in [0.2, 0.25) is 0 Å². The molecule has 0 fully saturated rings. The molecule has 1 heterocycles. The quantitative estimate of drug-likeness (QED) is 0.379. The molecule has 0 aliphatic heterocycles. The number of aryl methyl sites for hydroxylation is 1. The van der Waals surface area contributed by atoms with E-state index >= 15 is 0 Å². The fourth-order valence-corrected chi connectivity index (χ4v) is 3.31. The van der Waals surface area contributed by atoms with E-state index in [1.807, 2.05) is 0 Å². The second-order valence-corrected chi connectivity index (χ2v) is 7.05. The molecule has 0 radical (unpaired) electrons. The van der Waals surface area contributed by atoms with E-state index in [-0.39, 0.29) is 23.5 Å². The number of hydrogen-bond donors (Lipinski definition) is 2. The number of rotatable bonds is 6. The molecular formula is C19H17F2N3O2S. The third-order valence-corrected chi connectivity index (χ3v) is 4.86. The molecule has 5 nitrogen and oxygen atoms in total. The minimum absolute atomic E-state index is 0.0435. The minimum Gasteiger partial charge on any atom is -0.326 e. The van der Waals surface area contributed by atoms with E-state index in [9.17, 15) is 18.4 Å². The molecule has 1 amide bonds. The molecule has 0 atom stereocenters. The van der Waals surface area contributed by atoms with Gasteiger partial charge in [0.2, 0.25) is 5.91 Å². The van der Waals surface area contributed by atoms with Gasteiger partial charge in [-0.2, -0.15) is 0 Å². The van der Waals surface area contributed by atoms with Gasteiger partial charge in [0.05, 0.1) is 5.52 Å². The van der Waals surface area contributed by atoms with E-state index in [0.29, 0.717) is 34.1 Å². The summed E-state index contributed by atoms with van der Waals surface area (Å²) in [4.78, 5) is 30.8. The van der Waals surface area contributed by atoms with Crippen LogP contribution < -0.4 is 10.9 Å². The molecule has 1 aromatic heterocycles. The molecule has 0 aliphatic carbocycles. The zero-order valence-electron chi connectivity index (χ0n) is 14.5. The van der Waals surface area contributed by atoms with Gasteiger partial charge in [0.1, 0.15) is 17.0 Å². The number of aromatic amines is 1. The highest BCUT2D eigenvalue weighted by molar-refractivity contribution is 7.99. The first-order valence-electron chi connectivity index (χ1n) is 8.31. The van der Waals surface area contributed by atoms with E-state index in [1.165, 1.54) is 36.0 Å². The number of nitrogens with one attached hydrogen (secondary N) is 2. The van der Waals surface area contributed by atoms with Crippen molar-refractivity contribution in [2.45, 2.75) is 24.9 Å². The number of anilines is 1. The topological polar surface area (TPSA) is 74.8 Å². The third-order valence-electron chi connectivity index (χ3n) is 3.90. The molecular weight excluding hydrogens is 372 g/mol. The Kier molecular flexibility index (Phi) is 5.85. The van der Waals surface area contributed by atoms with E-state index in [0.717, 1.165) is 0 Å². The van der Waals surface area contributed by atoms with Crippen LogP contribution in [0.25, 0.3) is 10.9 Å². The maximum absolute atomic E-state index is 14.1. The van der Waals surface area contributed by atoms with Gasteiger partial charge < -0.3 is 10.3 Å². The molecule has 3 aromatic rings. The van der Waals surface area contributed by atoms with E-state index in [1.54, 1.807) is 19.1 Å². The first kappa shape index (κ1) is 19.0. The molecule has 0 spiro atoms. The van der Waals surface area contributed by atoms with E-state index < -0.39 is 11.4 Å². The summed E-state index contributed by atoms with van der Waals surface area (Å²) in [5, 5.41) is 3.02. The van der Waals surface area contributed by atoms with Crippen molar-refractivity contribution in [2.75, 3.05) is 11.1 Å². The number of aromatic nitrogens is 2. The highest BCUT2D eigenvalue weighted by Gasteiger charge is 2.11. The minimum atomic E-state index is -0.560. The van der Waals surface area contributed by atoms with Gasteiger partial charge in [-0.25, -0.2) is 13.8 Å². The van der Waals surface area contributed by atoms with Crippen LogP contribution in [-0.4, -0.2) is 21.6 Å². The standard InChI is InChI=1S/C19H17F2N3O2S/c1-11-4-9-14-16(17(11)21)18(26)24-19(23-14)27-10-2-3-15(25)22-13-7-5-12(20)6-8-13/h4-9H,2-3,10H2,1H3,(H,22,25)(H,23,24,26). The van der Waals surface area contributed by atoms with Crippen molar-refractivity contribution in [3.8, 4) is 0 Å². The molecule has 140 valence electrons. The van der Waals surface area contributed by atoms with Crippen LogP contribution in [0.4, 0.5) is 14.5 Å². The van der Waals surface area contributed by atoms with Gasteiger partial charge in [-0.3, -0.25) is 9.59 Å². The Balaban J connectivity index is 1.54. The van der Waals surface area contributed by atoms with Crippen molar-refractivity contribution in [3.63, 3.8) is 0 Å². The Morgan fingerprint density at radius 3 is 2.67 bits per heavy atom. The molecule has 0 saturated heterocycles. The van der Waals surface area contributed by atoms with Crippen LogP contribution in [0.15, 0.2) is 46.3 Å². The van der Waals surface area contributed by atoms with Crippen LogP contribution in [0, 0.1) is 18.6 Å². The normalized spacial score (nSPS) is 10.9. The number of carbonyl (C=O) groups excluding carboxylic acids is 1. The Labute approximate surface area is 158 Å². The molecule has 0 aliphatic rings. The number of benzene rings is 2. The Bertz CT molecular complexity index is 1040. The summed E-state index contributed by atoms with van der Waals surface area (Å²) >= 11 is 1.29. The van der Waals surface area contributed by atoms with Gasteiger partial charge in [0, 0.05) is 17.9 Å². The lowest BCUT2D eigenvalue weighted by Gasteiger charge is -2.06. The van der Waals surface area contributed by atoms with Crippen molar-refractivity contribution >= 4 is 34.3 Å². The number of hydrogen-bond acceptors (Lipinski definition) is 4. The molecule has 3 rings (SSSR count). The number of thioether (sulfide) groups is 1.